The van der Waals surface area contributed by atoms with Crippen molar-refractivity contribution in [3.63, 3.8) is 0 Å². The molecule has 1 nitrogen and oxygen atoms in total. The van der Waals surface area contributed by atoms with E-state index in [9.17, 15) is 0 Å². The lowest BCUT2D eigenvalue weighted by molar-refractivity contribution is 0.341. The van der Waals surface area contributed by atoms with Gasteiger partial charge in [0, 0.05) is 0 Å². The van der Waals surface area contributed by atoms with E-state index >= 15 is 0 Å². The lowest BCUT2D eigenvalue weighted by Crippen LogP contribution is -1.86. The third kappa shape index (κ3) is 9.99. The summed E-state index contributed by atoms with van der Waals surface area (Å²) in [6, 6.07) is 0. The fraction of sp³-hybridized carbons (Fsp3) is 0.786. The summed E-state index contributed by atoms with van der Waals surface area (Å²) in [4.78, 5) is 0. The second-order valence-electron chi connectivity index (χ2n) is 4.17. The monoisotopic (exact) mass is 211 g/mol. The van der Waals surface area contributed by atoms with Crippen molar-refractivity contribution in [3.8, 4) is 0 Å². The van der Waals surface area contributed by atoms with Gasteiger partial charge in [0.2, 0.25) is 0 Å². The second kappa shape index (κ2) is 11.8. The molecule has 1 radical (unpaired) electrons. The van der Waals surface area contributed by atoms with Crippen LogP contribution in [0.4, 0.5) is 0 Å². The number of hydrogen-bond acceptors (Lipinski definition) is 1. The summed E-state index contributed by atoms with van der Waals surface area (Å²) in [5.74, 6) is 0. The molecule has 0 rings (SSSR count). The lowest BCUT2D eigenvalue weighted by Gasteiger charge is -2.04. The smallest absolute Gasteiger partial charge is 0.0615 e. The Morgan fingerprint density at radius 2 is 1.67 bits per heavy atom. The van der Waals surface area contributed by atoms with Crippen molar-refractivity contribution < 1.29 is 5.11 Å². The molecule has 0 aliphatic rings. The van der Waals surface area contributed by atoms with E-state index in [1.54, 1.807) is 0 Å². The Bertz CT molecular complexity index is 149. The highest BCUT2D eigenvalue weighted by molar-refractivity contribution is 5.02. The van der Waals surface area contributed by atoms with Crippen molar-refractivity contribution in [3.05, 3.63) is 18.6 Å². The van der Waals surface area contributed by atoms with E-state index < -0.39 is 0 Å². The molecule has 0 aromatic rings. The summed E-state index contributed by atoms with van der Waals surface area (Å²) in [5, 5.41) is 8.76. The molecule has 1 N–H and O–H groups in total. The van der Waals surface area contributed by atoms with Crippen molar-refractivity contribution in [2.45, 2.75) is 64.7 Å². The molecule has 89 valence electrons. The summed E-state index contributed by atoms with van der Waals surface area (Å²) >= 11 is 0. The zero-order valence-electron chi connectivity index (χ0n) is 10.3. The maximum atomic E-state index is 8.76. The molecule has 0 aliphatic heterocycles. The van der Waals surface area contributed by atoms with Gasteiger partial charge >= 0.3 is 0 Å². The molecule has 1 heteroatoms. The first-order valence-electron chi connectivity index (χ1n) is 6.43. The predicted molar refractivity (Wildman–Crippen MR) is 67.8 cm³/mol. The molecule has 0 unspecified atom stereocenters. The van der Waals surface area contributed by atoms with E-state index in [1.807, 2.05) is 6.08 Å². The van der Waals surface area contributed by atoms with E-state index in [-0.39, 0.29) is 6.61 Å². The third-order valence-electron chi connectivity index (χ3n) is 2.80. The molecule has 0 spiro atoms. The van der Waals surface area contributed by atoms with E-state index in [0.29, 0.717) is 0 Å². The maximum Gasteiger partial charge on any atom is 0.0615 e. The normalized spacial score (nSPS) is 12.1. The van der Waals surface area contributed by atoms with Gasteiger partial charge in [-0.2, -0.15) is 0 Å². The first-order valence-corrected chi connectivity index (χ1v) is 6.43. The van der Waals surface area contributed by atoms with Crippen LogP contribution in [0.5, 0.6) is 0 Å². The average Bonchev–Trinajstić information content (AvgIpc) is 2.26. The highest BCUT2D eigenvalue weighted by Gasteiger charge is 1.95. The molecule has 0 fully saturated rings. The Morgan fingerprint density at radius 3 is 2.20 bits per heavy atom. The van der Waals surface area contributed by atoms with Gasteiger partial charge in [-0.25, -0.2) is 0 Å². The summed E-state index contributed by atoms with van der Waals surface area (Å²) in [6.45, 7) is 6.28. The highest BCUT2D eigenvalue weighted by Crippen LogP contribution is 2.14. The van der Waals surface area contributed by atoms with E-state index in [0.717, 1.165) is 12.8 Å². The lowest BCUT2D eigenvalue weighted by atomic mass is 10.0. The van der Waals surface area contributed by atoms with Crippen LogP contribution in [0.1, 0.15) is 64.7 Å². The van der Waals surface area contributed by atoms with Gasteiger partial charge < -0.3 is 5.11 Å². The zero-order valence-corrected chi connectivity index (χ0v) is 10.3. The molecule has 0 amide bonds. The number of aliphatic hydroxyl groups excluding tert-OH is 1. The van der Waals surface area contributed by atoms with Crippen LogP contribution in [-0.4, -0.2) is 11.7 Å². The van der Waals surface area contributed by atoms with Gasteiger partial charge in [0.25, 0.3) is 0 Å². The van der Waals surface area contributed by atoms with Crippen LogP contribution in [0, 0.1) is 6.92 Å². The van der Waals surface area contributed by atoms with E-state index in [1.165, 1.54) is 50.5 Å². The molecule has 0 aromatic heterocycles. The molecular formula is C14H27O. The van der Waals surface area contributed by atoms with Gasteiger partial charge in [0.15, 0.2) is 0 Å². The molecule has 0 bridgehead atoms. The SMILES string of the molecule is [CH2]CC(=CCO)CCCCCCCCC. The summed E-state index contributed by atoms with van der Waals surface area (Å²) in [6.07, 6.45) is 13.3. The first-order chi connectivity index (χ1) is 7.35. The van der Waals surface area contributed by atoms with Gasteiger partial charge in [-0.3, -0.25) is 0 Å². The molecular weight excluding hydrogens is 184 g/mol. The van der Waals surface area contributed by atoms with E-state index in [4.69, 9.17) is 5.11 Å². The molecule has 15 heavy (non-hydrogen) atoms. The van der Waals surface area contributed by atoms with Gasteiger partial charge in [0.05, 0.1) is 6.61 Å². The van der Waals surface area contributed by atoms with Gasteiger partial charge in [0.1, 0.15) is 0 Å². The Hall–Kier alpha value is -0.300. The summed E-state index contributed by atoms with van der Waals surface area (Å²) in [5.41, 5.74) is 1.31. The Morgan fingerprint density at radius 1 is 1.07 bits per heavy atom. The molecule has 0 heterocycles. The van der Waals surface area contributed by atoms with Crippen LogP contribution in [-0.2, 0) is 0 Å². The molecule has 0 aliphatic carbocycles. The van der Waals surface area contributed by atoms with Crippen LogP contribution >= 0.6 is 0 Å². The largest absolute Gasteiger partial charge is 0.392 e. The zero-order chi connectivity index (χ0) is 11.4. The standard InChI is InChI=1S/C14H27O/c1-3-5-6-7-8-9-10-11-14(4-2)12-13-15/h12,15H,2-11,13H2,1H3. The number of aliphatic hydroxyl groups is 1. The minimum absolute atomic E-state index is 0.168. The number of rotatable bonds is 10. The van der Waals surface area contributed by atoms with Crippen molar-refractivity contribution in [2.24, 2.45) is 0 Å². The molecule has 0 aromatic carbocycles. The maximum absolute atomic E-state index is 8.76. The second-order valence-corrected chi connectivity index (χ2v) is 4.17. The molecule has 0 atom stereocenters. The molecule has 0 saturated carbocycles. The number of unbranched alkanes of at least 4 members (excludes halogenated alkanes) is 6. The van der Waals surface area contributed by atoms with Crippen molar-refractivity contribution in [1.82, 2.24) is 0 Å². The van der Waals surface area contributed by atoms with Crippen LogP contribution in [0.3, 0.4) is 0 Å². The van der Waals surface area contributed by atoms with Crippen molar-refractivity contribution >= 4 is 0 Å². The first kappa shape index (κ1) is 14.7. The van der Waals surface area contributed by atoms with Crippen molar-refractivity contribution in [1.29, 1.82) is 0 Å². The minimum Gasteiger partial charge on any atom is -0.392 e. The third-order valence-corrected chi connectivity index (χ3v) is 2.80. The number of allylic oxidation sites excluding steroid dienone is 1. The van der Waals surface area contributed by atoms with Crippen LogP contribution < -0.4 is 0 Å². The number of hydrogen-bond donors (Lipinski definition) is 1. The van der Waals surface area contributed by atoms with Gasteiger partial charge in [-0.05, 0) is 26.2 Å². The predicted octanol–water partition coefficient (Wildman–Crippen LogP) is 4.27. The summed E-state index contributed by atoms with van der Waals surface area (Å²) < 4.78 is 0. The average molecular weight is 211 g/mol. The highest BCUT2D eigenvalue weighted by atomic mass is 16.2. The fourth-order valence-corrected chi connectivity index (χ4v) is 1.77. The van der Waals surface area contributed by atoms with Crippen LogP contribution in [0.25, 0.3) is 0 Å². The topological polar surface area (TPSA) is 20.2 Å². The molecule has 0 saturated heterocycles. The van der Waals surface area contributed by atoms with E-state index in [2.05, 4.69) is 13.8 Å². The van der Waals surface area contributed by atoms with Crippen LogP contribution in [0.15, 0.2) is 11.6 Å². The van der Waals surface area contributed by atoms with Gasteiger partial charge in [-0.15, -0.1) is 0 Å². The quantitative estimate of drug-likeness (QED) is 0.422. The fourth-order valence-electron chi connectivity index (χ4n) is 1.77. The summed E-state index contributed by atoms with van der Waals surface area (Å²) in [7, 11) is 0. The Labute approximate surface area is 95.6 Å². The Balaban J connectivity index is 3.25. The van der Waals surface area contributed by atoms with Gasteiger partial charge in [-0.1, -0.05) is 57.1 Å². The Kier molecular flexibility index (Phi) is 11.5. The van der Waals surface area contributed by atoms with Crippen LogP contribution in [0.2, 0.25) is 0 Å². The minimum atomic E-state index is 0.168. The van der Waals surface area contributed by atoms with Crippen molar-refractivity contribution in [2.75, 3.05) is 6.61 Å².